The number of aliphatic hydroxyl groups excluding tert-OH is 2. The van der Waals surface area contributed by atoms with Crippen LogP contribution in [0, 0.1) is 6.92 Å². The number of rotatable bonds is 7. The number of halogens is 1. The lowest BCUT2D eigenvalue weighted by Crippen LogP contribution is -2.33. The second-order valence-corrected chi connectivity index (χ2v) is 7.67. The van der Waals surface area contributed by atoms with E-state index in [-0.39, 0.29) is 37.7 Å². The maximum absolute atomic E-state index is 12.9. The van der Waals surface area contributed by atoms with Gasteiger partial charge in [-0.15, -0.1) is 0 Å². The van der Waals surface area contributed by atoms with Crippen molar-refractivity contribution in [3.8, 4) is 0 Å². The molecule has 2 aromatic rings. The fourth-order valence-electron chi connectivity index (χ4n) is 3.33. The van der Waals surface area contributed by atoms with Gasteiger partial charge in [-0.05, 0) is 24.6 Å². The van der Waals surface area contributed by atoms with Gasteiger partial charge < -0.3 is 19.8 Å². The lowest BCUT2D eigenvalue weighted by atomic mass is 9.95. The number of ketones is 1. The molecule has 0 saturated carbocycles. The SMILES string of the molecule is Cc1ccc(/C(O)=C2\C(=O)C(=O)N(CCOCCO)C2c2cccc(Br)c2)cc1. The Morgan fingerprint density at radius 2 is 1.86 bits per heavy atom. The molecule has 1 heterocycles. The first-order valence-electron chi connectivity index (χ1n) is 9.23. The number of aryl methyl sites for hydroxylation is 1. The van der Waals surface area contributed by atoms with E-state index in [1.54, 1.807) is 12.1 Å². The Hall–Kier alpha value is -2.48. The highest BCUT2D eigenvalue weighted by Crippen LogP contribution is 2.39. The van der Waals surface area contributed by atoms with Crippen molar-refractivity contribution in [2.45, 2.75) is 13.0 Å². The summed E-state index contributed by atoms with van der Waals surface area (Å²) in [4.78, 5) is 27.0. The Bertz CT molecular complexity index is 938. The molecule has 152 valence electrons. The van der Waals surface area contributed by atoms with Gasteiger partial charge in [0.05, 0.1) is 31.4 Å². The maximum Gasteiger partial charge on any atom is 0.295 e. The van der Waals surface area contributed by atoms with E-state index in [1.807, 2.05) is 43.3 Å². The molecule has 0 radical (unpaired) electrons. The number of aliphatic hydroxyl groups is 2. The predicted molar refractivity (Wildman–Crippen MR) is 112 cm³/mol. The Labute approximate surface area is 177 Å². The molecule has 7 heteroatoms. The third kappa shape index (κ3) is 4.58. The molecule has 0 bridgehead atoms. The molecule has 1 atom stereocenters. The van der Waals surface area contributed by atoms with Crippen molar-refractivity contribution < 1.29 is 24.5 Å². The van der Waals surface area contributed by atoms with Crippen LogP contribution in [0.15, 0.2) is 58.6 Å². The van der Waals surface area contributed by atoms with Crippen LogP contribution in [0.1, 0.15) is 22.7 Å². The van der Waals surface area contributed by atoms with Crippen molar-refractivity contribution in [2.24, 2.45) is 0 Å². The number of benzene rings is 2. The molecular weight excluding hydrogens is 438 g/mol. The van der Waals surface area contributed by atoms with Gasteiger partial charge in [-0.25, -0.2) is 0 Å². The standard InChI is InChI=1S/C22H22BrNO5/c1-14-5-7-15(8-6-14)20(26)18-19(16-3-2-4-17(23)13-16)24(22(28)21(18)27)9-11-29-12-10-25/h2-8,13,19,25-26H,9-12H2,1H3/b20-18+. The summed E-state index contributed by atoms with van der Waals surface area (Å²) in [6, 6.07) is 13.7. The molecule has 1 aliphatic rings. The summed E-state index contributed by atoms with van der Waals surface area (Å²) in [5.74, 6) is -1.61. The highest BCUT2D eigenvalue weighted by Gasteiger charge is 2.45. The zero-order valence-corrected chi connectivity index (χ0v) is 17.6. The Morgan fingerprint density at radius 3 is 2.52 bits per heavy atom. The Balaban J connectivity index is 2.07. The monoisotopic (exact) mass is 459 g/mol. The fourth-order valence-corrected chi connectivity index (χ4v) is 3.75. The summed E-state index contributed by atoms with van der Waals surface area (Å²) in [6.07, 6.45) is 0. The molecule has 1 aliphatic heterocycles. The molecule has 1 amide bonds. The number of carbonyl (C=O) groups excluding carboxylic acids is 2. The van der Waals surface area contributed by atoms with Crippen molar-refractivity contribution in [3.05, 3.63) is 75.3 Å². The number of hydrogen-bond acceptors (Lipinski definition) is 5. The molecule has 6 nitrogen and oxygen atoms in total. The zero-order valence-electron chi connectivity index (χ0n) is 16.0. The first-order valence-corrected chi connectivity index (χ1v) is 10.0. The topological polar surface area (TPSA) is 87.1 Å². The summed E-state index contributed by atoms with van der Waals surface area (Å²) < 4.78 is 6.09. The third-order valence-electron chi connectivity index (χ3n) is 4.74. The van der Waals surface area contributed by atoms with E-state index in [4.69, 9.17) is 9.84 Å². The van der Waals surface area contributed by atoms with Gasteiger partial charge in [-0.2, -0.15) is 0 Å². The molecule has 2 aromatic carbocycles. The van der Waals surface area contributed by atoms with Crippen LogP contribution in [0.5, 0.6) is 0 Å². The molecule has 29 heavy (non-hydrogen) atoms. The first kappa shape index (κ1) is 21.2. The number of ether oxygens (including phenoxy) is 1. The predicted octanol–water partition coefficient (Wildman–Crippen LogP) is 3.19. The highest BCUT2D eigenvalue weighted by molar-refractivity contribution is 9.10. The summed E-state index contributed by atoms with van der Waals surface area (Å²) in [7, 11) is 0. The molecule has 0 spiro atoms. The number of nitrogens with zero attached hydrogens (tertiary/aromatic N) is 1. The van der Waals surface area contributed by atoms with E-state index >= 15 is 0 Å². The normalized spacial score (nSPS) is 18.4. The number of amides is 1. The van der Waals surface area contributed by atoms with Crippen LogP contribution in [0.25, 0.3) is 5.76 Å². The van der Waals surface area contributed by atoms with Crippen LogP contribution in [-0.2, 0) is 14.3 Å². The summed E-state index contributed by atoms with van der Waals surface area (Å²) >= 11 is 3.42. The Kier molecular flexibility index (Phi) is 6.84. The Morgan fingerprint density at radius 1 is 1.14 bits per heavy atom. The average Bonchev–Trinajstić information content (AvgIpc) is 2.96. The lowest BCUT2D eigenvalue weighted by Gasteiger charge is -2.25. The third-order valence-corrected chi connectivity index (χ3v) is 5.23. The van der Waals surface area contributed by atoms with Gasteiger partial charge in [0.2, 0.25) is 0 Å². The molecule has 0 aliphatic carbocycles. The number of Topliss-reactive ketones (excluding diaryl/α,β-unsaturated/α-hetero) is 1. The molecule has 1 fully saturated rings. The van der Waals surface area contributed by atoms with E-state index in [2.05, 4.69) is 15.9 Å². The van der Waals surface area contributed by atoms with Gasteiger partial charge in [0, 0.05) is 16.6 Å². The summed E-state index contributed by atoms with van der Waals surface area (Å²) in [6.45, 7) is 2.28. The van der Waals surface area contributed by atoms with Crippen LogP contribution < -0.4 is 0 Å². The summed E-state index contributed by atoms with van der Waals surface area (Å²) in [5.41, 5.74) is 2.25. The van der Waals surface area contributed by atoms with Crippen molar-refractivity contribution in [1.29, 1.82) is 0 Å². The smallest absolute Gasteiger partial charge is 0.295 e. The van der Waals surface area contributed by atoms with Crippen molar-refractivity contribution in [2.75, 3.05) is 26.4 Å². The second kappa shape index (κ2) is 9.35. The van der Waals surface area contributed by atoms with Crippen LogP contribution in [0.2, 0.25) is 0 Å². The minimum Gasteiger partial charge on any atom is -0.507 e. The summed E-state index contributed by atoms with van der Waals surface area (Å²) in [5, 5.41) is 19.8. The number of carbonyl (C=O) groups is 2. The van der Waals surface area contributed by atoms with Crippen LogP contribution in [-0.4, -0.2) is 53.2 Å². The van der Waals surface area contributed by atoms with Crippen molar-refractivity contribution in [1.82, 2.24) is 4.90 Å². The van der Waals surface area contributed by atoms with Gasteiger partial charge in [0.15, 0.2) is 0 Å². The van der Waals surface area contributed by atoms with Crippen LogP contribution >= 0.6 is 15.9 Å². The lowest BCUT2D eigenvalue weighted by molar-refractivity contribution is -0.140. The zero-order chi connectivity index (χ0) is 21.0. The van der Waals surface area contributed by atoms with E-state index in [1.165, 1.54) is 4.90 Å². The largest absolute Gasteiger partial charge is 0.507 e. The number of likely N-dealkylation sites (tertiary alicyclic amines) is 1. The van der Waals surface area contributed by atoms with Crippen LogP contribution in [0.4, 0.5) is 0 Å². The first-order chi connectivity index (χ1) is 13.9. The van der Waals surface area contributed by atoms with Gasteiger partial charge in [0.25, 0.3) is 11.7 Å². The van der Waals surface area contributed by atoms with Gasteiger partial charge in [-0.3, -0.25) is 9.59 Å². The maximum atomic E-state index is 12.9. The molecule has 1 unspecified atom stereocenters. The average molecular weight is 460 g/mol. The number of hydrogen-bond donors (Lipinski definition) is 2. The fraction of sp³-hybridized carbons (Fsp3) is 0.273. The van der Waals surface area contributed by atoms with E-state index in [9.17, 15) is 14.7 Å². The van der Waals surface area contributed by atoms with E-state index in [0.717, 1.165) is 10.0 Å². The van der Waals surface area contributed by atoms with Crippen molar-refractivity contribution in [3.63, 3.8) is 0 Å². The van der Waals surface area contributed by atoms with Gasteiger partial charge >= 0.3 is 0 Å². The molecule has 3 rings (SSSR count). The van der Waals surface area contributed by atoms with Gasteiger partial charge in [-0.1, -0.05) is 57.9 Å². The highest BCUT2D eigenvalue weighted by atomic mass is 79.9. The molecule has 2 N–H and O–H groups in total. The molecule has 1 saturated heterocycles. The van der Waals surface area contributed by atoms with E-state index < -0.39 is 17.7 Å². The molecule has 0 aromatic heterocycles. The minimum absolute atomic E-state index is 0.0547. The van der Waals surface area contributed by atoms with Crippen molar-refractivity contribution >= 4 is 33.4 Å². The van der Waals surface area contributed by atoms with Crippen LogP contribution in [0.3, 0.4) is 0 Å². The minimum atomic E-state index is -0.730. The second-order valence-electron chi connectivity index (χ2n) is 6.75. The van der Waals surface area contributed by atoms with Gasteiger partial charge in [0.1, 0.15) is 5.76 Å². The quantitative estimate of drug-likeness (QED) is 0.287. The molecular formula is C22H22BrNO5. The van der Waals surface area contributed by atoms with E-state index in [0.29, 0.717) is 11.1 Å².